The number of nitrogens with one attached hydrogen (secondary N) is 2. The summed E-state index contributed by atoms with van der Waals surface area (Å²) in [5.41, 5.74) is -0.581. The van der Waals surface area contributed by atoms with Crippen molar-refractivity contribution in [2.75, 3.05) is 0 Å². The second-order valence-corrected chi connectivity index (χ2v) is 9.70. The van der Waals surface area contributed by atoms with Gasteiger partial charge in [-0.3, -0.25) is 19.1 Å². The molecule has 0 aliphatic carbocycles. The standard InChI is InChI=1S/C27H24N6O8/c34-20-7-8-33(27(39)29-20)26-25(38)24(37)19(41-26)13-32-12-16(30-31-32)11-28-21(35)9-15-10-22(36)40-18-6-5-14-3-1-2-4-17(14)23(15)18/h1-8,10,12,19,24-26,37-38H,9,11,13H2,(H,28,35)(H,29,34,39)/t19-,24-,25-,26-/m1/s1. The van der Waals surface area contributed by atoms with E-state index in [1.165, 1.54) is 16.9 Å². The molecular formula is C27H24N6O8. The van der Waals surface area contributed by atoms with Crippen molar-refractivity contribution in [1.82, 2.24) is 29.9 Å². The average Bonchev–Trinajstić information content (AvgIpc) is 3.51. The van der Waals surface area contributed by atoms with E-state index in [9.17, 15) is 29.4 Å². The molecule has 0 bridgehead atoms. The highest BCUT2D eigenvalue weighted by Gasteiger charge is 2.44. The highest BCUT2D eigenvalue weighted by Crippen LogP contribution is 2.29. The molecule has 210 valence electrons. The molecule has 0 saturated carbocycles. The van der Waals surface area contributed by atoms with Gasteiger partial charge >= 0.3 is 11.3 Å². The maximum absolute atomic E-state index is 12.8. The summed E-state index contributed by atoms with van der Waals surface area (Å²) in [5, 5.41) is 34.2. The van der Waals surface area contributed by atoms with Gasteiger partial charge in [0.05, 0.1) is 25.7 Å². The molecule has 1 saturated heterocycles. The first-order chi connectivity index (χ1) is 19.8. The first-order valence-corrected chi connectivity index (χ1v) is 12.7. The Morgan fingerprint density at radius 2 is 1.90 bits per heavy atom. The lowest BCUT2D eigenvalue weighted by Gasteiger charge is -2.16. The number of aliphatic hydroxyl groups excluding tert-OH is 2. The molecule has 1 aliphatic rings. The van der Waals surface area contributed by atoms with Crippen LogP contribution >= 0.6 is 0 Å². The molecule has 0 radical (unpaired) electrons. The van der Waals surface area contributed by atoms with E-state index in [0.29, 0.717) is 22.2 Å². The van der Waals surface area contributed by atoms with Crippen LogP contribution in [0.3, 0.4) is 0 Å². The van der Waals surface area contributed by atoms with Crippen LogP contribution in [0.5, 0.6) is 0 Å². The third kappa shape index (κ3) is 5.18. The smallest absolute Gasteiger partial charge is 0.336 e. The van der Waals surface area contributed by atoms with Crippen LogP contribution in [0.15, 0.2) is 79.7 Å². The normalized spacial score (nSPS) is 20.5. The number of benzene rings is 2. The van der Waals surface area contributed by atoms with Gasteiger partial charge in [0.2, 0.25) is 5.91 Å². The van der Waals surface area contributed by atoms with E-state index >= 15 is 0 Å². The summed E-state index contributed by atoms with van der Waals surface area (Å²) in [6.07, 6.45) is -2.27. The fraction of sp³-hybridized carbons (Fsp3) is 0.259. The Bertz CT molecular complexity index is 1940. The first-order valence-electron chi connectivity index (χ1n) is 12.7. The van der Waals surface area contributed by atoms with Crippen LogP contribution in [-0.2, 0) is 29.0 Å². The van der Waals surface area contributed by atoms with Gasteiger partial charge in [-0.25, -0.2) is 14.3 Å². The summed E-state index contributed by atoms with van der Waals surface area (Å²) in [7, 11) is 0. The number of aromatic amines is 1. The third-order valence-corrected chi connectivity index (χ3v) is 6.95. The van der Waals surface area contributed by atoms with Gasteiger partial charge in [-0.15, -0.1) is 5.10 Å². The quantitative estimate of drug-likeness (QED) is 0.150. The van der Waals surface area contributed by atoms with Crippen molar-refractivity contribution in [1.29, 1.82) is 0 Å². The van der Waals surface area contributed by atoms with Crippen molar-refractivity contribution < 1.29 is 24.2 Å². The second kappa shape index (κ2) is 10.6. The largest absolute Gasteiger partial charge is 0.423 e. The van der Waals surface area contributed by atoms with E-state index < -0.39 is 41.4 Å². The molecule has 1 aliphatic heterocycles. The number of amides is 1. The Hall–Kier alpha value is -4.92. The molecule has 4 heterocycles. The van der Waals surface area contributed by atoms with Crippen LogP contribution in [0.2, 0.25) is 0 Å². The number of carbonyl (C=O) groups is 1. The fourth-order valence-corrected chi connectivity index (χ4v) is 5.01. The second-order valence-electron chi connectivity index (χ2n) is 9.70. The number of fused-ring (bicyclic) bond motifs is 3. The molecule has 0 unspecified atom stereocenters. The number of carbonyl (C=O) groups excluding carboxylic acids is 1. The lowest BCUT2D eigenvalue weighted by atomic mass is 10.00. The summed E-state index contributed by atoms with van der Waals surface area (Å²) in [6.45, 7) is 0.0394. The third-order valence-electron chi connectivity index (χ3n) is 6.95. The van der Waals surface area contributed by atoms with Crippen LogP contribution in [0.1, 0.15) is 17.5 Å². The summed E-state index contributed by atoms with van der Waals surface area (Å²) in [5.74, 6) is -0.341. The number of nitrogens with zero attached hydrogens (tertiary/aromatic N) is 4. The van der Waals surface area contributed by atoms with Crippen molar-refractivity contribution in [3.05, 3.63) is 103 Å². The van der Waals surface area contributed by atoms with Crippen LogP contribution in [0.4, 0.5) is 0 Å². The Morgan fingerprint density at radius 3 is 2.73 bits per heavy atom. The van der Waals surface area contributed by atoms with Gasteiger partial charge in [0.25, 0.3) is 5.56 Å². The molecule has 4 atom stereocenters. The molecule has 1 fully saturated rings. The van der Waals surface area contributed by atoms with E-state index in [1.54, 1.807) is 12.3 Å². The van der Waals surface area contributed by atoms with Crippen molar-refractivity contribution in [3.8, 4) is 0 Å². The van der Waals surface area contributed by atoms with Gasteiger partial charge < -0.3 is 24.7 Å². The highest BCUT2D eigenvalue weighted by molar-refractivity contribution is 6.08. The number of ether oxygens (including phenoxy) is 1. The first kappa shape index (κ1) is 26.3. The Morgan fingerprint density at radius 1 is 1.07 bits per heavy atom. The lowest BCUT2D eigenvalue weighted by Crippen LogP contribution is -2.37. The van der Waals surface area contributed by atoms with E-state index in [-0.39, 0.29) is 25.4 Å². The molecule has 14 nitrogen and oxygen atoms in total. The zero-order valence-electron chi connectivity index (χ0n) is 21.3. The molecule has 1 amide bonds. The molecule has 4 N–H and O–H groups in total. The van der Waals surface area contributed by atoms with Crippen LogP contribution in [0.25, 0.3) is 21.7 Å². The summed E-state index contributed by atoms with van der Waals surface area (Å²) < 4.78 is 13.4. The maximum atomic E-state index is 12.8. The molecule has 3 aromatic heterocycles. The van der Waals surface area contributed by atoms with Gasteiger partial charge in [0, 0.05) is 23.7 Å². The number of H-pyrrole nitrogens is 1. The Kier molecular flexibility index (Phi) is 6.78. The van der Waals surface area contributed by atoms with Gasteiger partial charge in [0.15, 0.2) is 6.23 Å². The number of rotatable bonds is 7. The molecule has 14 heteroatoms. The molecule has 0 spiro atoms. The van der Waals surface area contributed by atoms with Gasteiger partial charge in [0.1, 0.15) is 29.6 Å². The summed E-state index contributed by atoms with van der Waals surface area (Å²) in [4.78, 5) is 50.4. The predicted molar refractivity (Wildman–Crippen MR) is 143 cm³/mol. The minimum atomic E-state index is -1.43. The van der Waals surface area contributed by atoms with Crippen LogP contribution in [0, 0.1) is 0 Å². The van der Waals surface area contributed by atoms with Crippen molar-refractivity contribution in [2.45, 2.75) is 44.1 Å². The number of aliphatic hydroxyl groups is 2. The van der Waals surface area contributed by atoms with E-state index in [0.717, 1.165) is 21.4 Å². The molecule has 41 heavy (non-hydrogen) atoms. The molecule has 5 aromatic rings. The minimum Gasteiger partial charge on any atom is -0.423 e. The molecular weight excluding hydrogens is 536 g/mol. The van der Waals surface area contributed by atoms with Crippen LogP contribution < -0.4 is 22.2 Å². The van der Waals surface area contributed by atoms with Crippen molar-refractivity contribution in [2.24, 2.45) is 0 Å². The zero-order valence-corrected chi connectivity index (χ0v) is 21.3. The Labute approximate surface area is 229 Å². The molecule has 2 aromatic carbocycles. The van der Waals surface area contributed by atoms with Crippen molar-refractivity contribution in [3.63, 3.8) is 0 Å². The summed E-state index contributed by atoms with van der Waals surface area (Å²) >= 11 is 0. The monoisotopic (exact) mass is 560 g/mol. The predicted octanol–water partition coefficient (Wildman–Crippen LogP) is -0.434. The number of hydrogen-bond donors (Lipinski definition) is 4. The van der Waals surface area contributed by atoms with E-state index in [1.807, 2.05) is 30.3 Å². The highest BCUT2D eigenvalue weighted by atomic mass is 16.6. The average molecular weight is 561 g/mol. The van der Waals surface area contributed by atoms with Gasteiger partial charge in [-0.1, -0.05) is 35.5 Å². The lowest BCUT2D eigenvalue weighted by molar-refractivity contribution is -0.120. The number of aromatic nitrogens is 5. The fourth-order valence-electron chi connectivity index (χ4n) is 5.01. The topological polar surface area (TPSA) is 195 Å². The summed E-state index contributed by atoms with van der Waals surface area (Å²) in [6, 6.07) is 13.6. The van der Waals surface area contributed by atoms with E-state index in [4.69, 9.17) is 9.15 Å². The minimum absolute atomic E-state index is 0.00731. The van der Waals surface area contributed by atoms with Crippen LogP contribution in [-0.4, -0.2) is 59.0 Å². The zero-order chi connectivity index (χ0) is 28.7. The van der Waals surface area contributed by atoms with Gasteiger partial charge in [-0.2, -0.15) is 0 Å². The van der Waals surface area contributed by atoms with Gasteiger partial charge in [-0.05, 0) is 22.4 Å². The van der Waals surface area contributed by atoms with Crippen molar-refractivity contribution >= 4 is 27.6 Å². The number of hydrogen-bond acceptors (Lipinski definition) is 10. The van der Waals surface area contributed by atoms with E-state index in [2.05, 4.69) is 20.6 Å². The molecule has 6 rings (SSSR count). The Balaban J connectivity index is 1.11. The maximum Gasteiger partial charge on any atom is 0.336 e. The SMILES string of the molecule is O=C(Cc1cc(=O)oc2ccc3ccccc3c12)NCc1cn(C[C@H]2O[C@@H](n3ccc(=O)[nH]c3=O)[C@H](O)[C@@H]2O)nn1.